The molecule has 0 aliphatic heterocycles. The van der Waals surface area contributed by atoms with Crippen molar-refractivity contribution in [3.05, 3.63) is 52.3 Å². The maximum atomic E-state index is 12.4. The topological polar surface area (TPSA) is 112 Å². The third-order valence-corrected chi connectivity index (χ3v) is 4.16. The van der Waals surface area contributed by atoms with E-state index in [-0.39, 0.29) is 18.1 Å². The minimum atomic E-state index is -0.738. The standard InChI is InChI=1S/C21H23NO7/c1-5-27-21(26)19-12(2)20(22-13(19)3)17(24)10-29-18(25)11-28-16-8-6-7-15(9-16)14(4)23/h6-9,22H,5,10-11H2,1-4H3. The van der Waals surface area contributed by atoms with E-state index >= 15 is 0 Å². The zero-order valence-electron chi connectivity index (χ0n) is 16.8. The predicted octanol–water partition coefficient (Wildman–Crippen LogP) is 2.82. The minimum absolute atomic E-state index is 0.123. The average Bonchev–Trinajstić information content (AvgIpc) is 2.99. The number of carbonyl (C=O) groups excluding carboxylic acids is 4. The van der Waals surface area contributed by atoms with E-state index in [0.29, 0.717) is 28.1 Å². The van der Waals surface area contributed by atoms with Gasteiger partial charge in [0, 0.05) is 11.3 Å². The largest absolute Gasteiger partial charge is 0.482 e. The first-order valence-corrected chi connectivity index (χ1v) is 9.03. The molecule has 1 heterocycles. The van der Waals surface area contributed by atoms with Gasteiger partial charge in [-0.25, -0.2) is 9.59 Å². The van der Waals surface area contributed by atoms with Crippen LogP contribution < -0.4 is 4.74 Å². The van der Waals surface area contributed by atoms with Crippen LogP contribution in [0.25, 0.3) is 0 Å². The van der Waals surface area contributed by atoms with Gasteiger partial charge in [-0.05, 0) is 45.4 Å². The number of ether oxygens (including phenoxy) is 3. The molecule has 0 saturated carbocycles. The summed E-state index contributed by atoms with van der Waals surface area (Å²) in [5.74, 6) is -1.51. The van der Waals surface area contributed by atoms with Crippen LogP contribution in [0.1, 0.15) is 56.3 Å². The fourth-order valence-corrected chi connectivity index (χ4v) is 2.75. The molecule has 8 nitrogen and oxygen atoms in total. The number of hydrogen-bond donors (Lipinski definition) is 1. The normalized spacial score (nSPS) is 10.3. The van der Waals surface area contributed by atoms with Crippen LogP contribution in [0.15, 0.2) is 24.3 Å². The number of nitrogens with one attached hydrogen (secondary N) is 1. The van der Waals surface area contributed by atoms with Crippen LogP contribution in [0.5, 0.6) is 5.75 Å². The highest BCUT2D eigenvalue weighted by Crippen LogP contribution is 2.20. The van der Waals surface area contributed by atoms with Crippen LogP contribution in [0.4, 0.5) is 0 Å². The molecule has 0 aliphatic carbocycles. The first-order chi connectivity index (χ1) is 13.7. The minimum Gasteiger partial charge on any atom is -0.482 e. The van der Waals surface area contributed by atoms with Gasteiger partial charge in [0.25, 0.3) is 0 Å². The van der Waals surface area contributed by atoms with E-state index in [1.165, 1.54) is 13.0 Å². The van der Waals surface area contributed by atoms with E-state index in [1.54, 1.807) is 39.0 Å². The summed E-state index contributed by atoms with van der Waals surface area (Å²) >= 11 is 0. The van der Waals surface area contributed by atoms with Crippen molar-refractivity contribution in [1.29, 1.82) is 0 Å². The van der Waals surface area contributed by atoms with Crippen LogP contribution in [-0.2, 0) is 14.3 Å². The van der Waals surface area contributed by atoms with Gasteiger partial charge in [0.1, 0.15) is 5.75 Å². The van der Waals surface area contributed by atoms with Gasteiger partial charge in [-0.1, -0.05) is 12.1 Å². The number of ketones is 2. The fraction of sp³-hybridized carbons (Fsp3) is 0.333. The molecule has 2 rings (SSSR count). The Bertz CT molecular complexity index is 943. The first-order valence-electron chi connectivity index (χ1n) is 9.03. The Morgan fingerprint density at radius 1 is 1.03 bits per heavy atom. The molecule has 2 aromatic rings. The Balaban J connectivity index is 1.93. The molecule has 1 N–H and O–H groups in total. The van der Waals surface area contributed by atoms with Crippen molar-refractivity contribution in [2.75, 3.05) is 19.8 Å². The third kappa shape index (κ3) is 5.54. The van der Waals surface area contributed by atoms with Crippen molar-refractivity contribution in [1.82, 2.24) is 4.98 Å². The molecule has 0 amide bonds. The molecule has 0 aliphatic rings. The smallest absolute Gasteiger partial charge is 0.344 e. The second kappa shape index (κ2) is 9.68. The maximum absolute atomic E-state index is 12.4. The Hall–Kier alpha value is -3.42. The van der Waals surface area contributed by atoms with E-state index in [1.807, 2.05) is 0 Å². The van der Waals surface area contributed by atoms with Gasteiger partial charge < -0.3 is 19.2 Å². The number of carbonyl (C=O) groups is 4. The Morgan fingerprint density at radius 2 is 1.76 bits per heavy atom. The molecule has 8 heteroatoms. The summed E-state index contributed by atoms with van der Waals surface area (Å²) in [6, 6.07) is 6.39. The number of aryl methyl sites for hydroxylation is 1. The van der Waals surface area contributed by atoms with Crippen molar-refractivity contribution < 1.29 is 33.4 Å². The summed E-state index contributed by atoms with van der Waals surface area (Å²) in [6.07, 6.45) is 0. The quantitative estimate of drug-likeness (QED) is 0.508. The number of aromatic nitrogens is 1. The highest BCUT2D eigenvalue weighted by atomic mass is 16.6. The van der Waals surface area contributed by atoms with Gasteiger partial charge in [-0.2, -0.15) is 0 Å². The zero-order chi connectivity index (χ0) is 21.6. The maximum Gasteiger partial charge on any atom is 0.344 e. The summed E-state index contributed by atoms with van der Waals surface area (Å²) in [5, 5.41) is 0. The Kier molecular flexibility index (Phi) is 7.30. The third-order valence-electron chi connectivity index (χ3n) is 4.16. The molecule has 154 valence electrons. The number of benzene rings is 1. The molecule has 1 aromatic heterocycles. The van der Waals surface area contributed by atoms with E-state index in [4.69, 9.17) is 14.2 Å². The van der Waals surface area contributed by atoms with Gasteiger partial charge in [-0.15, -0.1) is 0 Å². The molecular weight excluding hydrogens is 378 g/mol. The van der Waals surface area contributed by atoms with E-state index in [0.717, 1.165) is 0 Å². The lowest BCUT2D eigenvalue weighted by molar-refractivity contribution is -0.144. The molecule has 0 saturated heterocycles. The van der Waals surface area contributed by atoms with Crippen LogP contribution in [0.3, 0.4) is 0 Å². The molecule has 1 aromatic carbocycles. The second-order valence-corrected chi connectivity index (χ2v) is 6.30. The molecule has 0 atom stereocenters. The molecule has 0 radical (unpaired) electrons. The number of Topliss-reactive ketones (excluding diaryl/α,β-unsaturated/α-hetero) is 2. The number of esters is 2. The lowest BCUT2D eigenvalue weighted by atomic mass is 10.1. The second-order valence-electron chi connectivity index (χ2n) is 6.30. The monoisotopic (exact) mass is 401 g/mol. The fourth-order valence-electron chi connectivity index (χ4n) is 2.75. The van der Waals surface area contributed by atoms with Crippen molar-refractivity contribution >= 4 is 23.5 Å². The van der Waals surface area contributed by atoms with Crippen LogP contribution in [-0.4, -0.2) is 48.3 Å². The van der Waals surface area contributed by atoms with Crippen LogP contribution in [0.2, 0.25) is 0 Å². The number of rotatable bonds is 9. The molecule has 29 heavy (non-hydrogen) atoms. The zero-order valence-corrected chi connectivity index (χ0v) is 16.8. The van der Waals surface area contributed by atoms with Crippen molar-refractivity contribution in [2.24, 2.45) is 0 Å². The molecule has 0 unspecified atom stereocenters. The molecule has 0 bridgehead atoms. The highest BCUT2D eigenvalue weighted by Gasteiger charge is 2.23. The average molecular weight is 401 g/mol. The summed E-state index contributed by atoms with van der Waals surface area (Å²) in [4.78, 5) is 50.4. The Labute approximate surface area is 168 Å². The van der Waals surface area contributed by atoms with Crippen molar-refractivity contribution in [3.8, 4) is 5.75 Å². The number of aromatic amines is 1. The highest BCUT2D eigenvalue weighted by molar-refractivity contribution is 6.02. The summed E-state index contributed by atoms with van der Waals surface area (Å²) < 4.78 is 15.2. The number of H-pyrrole nitrogens is 1. The van der Waals surface area contributed by atoms with Gasteiger partial charge in [0.15, 0.2) is 19.0 Å². The predicted molar refractivity (Wildman–Crippen MR) is 103 cm³/mol. The van der Waals surface area contributed by atoms with Gasteiger partial charge >= 0.3 is 11.9 Å². The van der Waals surface area contributed by atoms with Gasteiger partial charge in [0.2, 0.25) is 5.78 Å². The van der Waals surface area contributed by atoms with Crippen molar-refractivity contribution in [3.63, 3.8) is 0 Å². The van der Waals surface area contributed by atoms with E-state index in [9.17, 15) is 19.2 Å². The Morgan fingerprint density at radius 3 is 2.41 bits per heavy atom. The lowest BCUT2D eigenvalue weighted by Crippen LogP contribution is -2.20. The molecule has 0 spiro atoms. The van der Waals surface area contributed by atoms with Crippen LogP contribution >= 0.6 is 0 Å². The first kappa shape index (κ1) is 21.9. The van der Waals surface area contributed by atoms with E-state index in [2.05, 4.69) is 4.98 Å². The van der Waals surface area contributed by atoms with Gasteiger partial charge in [-0.3, -0.25) is 9.59 Å². The molecule has 0 fully saturated rings. The van der Waals surface area contributed by atoms with E-state index < -0.39 is 30.9 Å². The summed E-state index contributed by atoms with van der Waals surface area (Å²) in [7, 11) is 0. The van der Waals surface area contributed by atoms with Crippen molar-refractivity contribution in [2.45, 2.75) is 27.7 Å². The summed E-state index contributed by atoms with van der Waals surface area (Å²) in [5.41, 5.74) is 1.90. The lowest BCUT2D eigenvalue weighted by Gasteiger charge is -2.07. The number of hydrogen-bond acceptors (Lipinski definition) is 7. The van der Waals surface area contributed by atoms with Crippen LogP contribution in [0, 0.1) is 13.8 Å². The molecular formula is C21H23NO7. The summed E-state index contributed by atoms with van der Waals surface area (Å²) in [6.45, 7) is 5.71. The van der Waals surface area contributed by atoms with Gasteiger partial charge in [0.05, 0.1) is 17.9 Å². The SMILES string of the molecule is CCOC(=O)c1c(C)[nH]c(C(=O)COC(=O)COc2cccc(C(C)=O)c2)c1C.